The highest BCUT2D eigenvalue weighted by molar-refractivity contribution is 9.10. The van der Waals surface area contributed by atoms with Crippen LogP contribution in [0.15, 0.2) is 24.3 Å². The van der Waals surface area contributed by atoms with E-state index in [9.17, 15) is 122 Å². The summed E-state index contributed by atoms with van der Waals surface area (Å²) in [4.78, 5) is 200. The summed E-state index contributed by atoms with van der Waals surface area (Å²) in [5, 5.41) is 85.7. The number of rotatable bonds is 27. The fourth-order valence-electron chi connectivity index (χ4n) is 24.1. The standard InChI is InChI=1S/C16H21BrO6.C13H17BrO4.C11H11BrO6.2C10H13BrO4.C9H11BrO5.C9H7BrO4.C9H13BrO4/c17-8-13(20)23-16-6-10-3-11(7-16)5-15(4-10,9-16)14(21)22-2-1-12(18)19;14-6-10(15)18-13-4-8-1-9(5-13)3-12(2-8,7-13)11(16)17;12-2-5(13)17-8-3-1-4-7(6(3)10(14)15)11(16)18-9(4)8;11-4-9(12)15-8-3-5-1-6(8)2-7(5)10(13)14;11-4-9(12)15-8-3-5-1-6(8)7(2-5)10(13)14;10-3-7(11)15-6-2-4-1-5(9(12)13)8(6)14-4;10-5-8(11)14-7-3-1-6(2-4-7)9(12)13;10-5-8(11)14-7-3-1-2-6(4-7)9(12)13/h10-11H,1-9H2,(H,18,19);8-9H,1-7H2,(H,16,17);3-4,6-9H,1-2H2,(H,14,15);2*5-8H,1-4H2,(H,13,14);4-6,8H,1-3H2,(H,12,13);1-4H,5H2,(H,12,13);6-7H,1-5H2,(H,12,13)/p-7. The molecule has 24 unspecified atom stereocenters. The zero-order valence-corrected chi connectivity index (χ0v) is 83.8. The molecule has 15 aliphatic carbocycles. The van der Waals surface area contributed by atoms with E-state index in [0.717, 1.165) is 83.5 Å². The molecule has 3 saturated heterocycles. The van der Waals surface area contributed by atoms with Crippen molar-refractivity contribution in [3.8, 4) is 5.75 Å². The Labute approximate surface area is 824 Å². The van der Waals surface area contributed by atoms with Crippen LogP contribution >= 0.6 is 127 Å². The lowest BCUT2D eigenvalue weighted by atomic mass is 9.48. The largest absolute Gasteiger partial charge is 0.550 e. The third-order valence-corrected chi connectivity index (χ3v) is 31.7. The van der Waals surface area contributed by atoms with Crippen molar-refractivity contribution < 1.29 is 179 Å². The van der Waals surface area contributed by atoms with Gasteiger partial charge in [0.2, 0.25) is 0 Å². The van der Waals surface area contributed by atoms with Crippen LogP contribution < -0.4 is 40.5 Å². The average molecular weight is 2380 g/mol. The van der Waals surface area contributed by atoms with E-state index in [-0.39, 0.29) is 157 Å². The molecule has 132 heavy (non-hydrogen) atoms. The number of benzene rings is 1. The number of aliphatic carboxylic acids is 7. The zero-order valence-electron chi connectivity index (χ0n) is 71.1. The first-order valence-electron chi connectivity index (χ1n) is 43.4. The van der Waals surface area contributed by atoms with Gasteiger partial charge < -0.3 is 127 Å². The maximum atomic E-state index is 12.6. The van der Waals surface area contributed by atoms with Crippen molar-refractivity contribution in [3.05, 3.63) is 29.8 Å². The fourth-order valence-corrected chi connectivity index (χ4v) is 25.1. The maximum absolute atomic E-state index is 12.6. The van der Waals surface area contributed by atoms with Crippen molar-refractivity contribution >= 4 is 235 Å². The van der Waals surface area contributed by atoms with Crippen LogP contribution in [-0.4, -0.2) is 222 Å². The number of fused-ring (bicyclic) bond motifs is 7. The molecular formula is C87H99Br8O37-7. The van der Waals surface area contributed by atoms with Gasteiger partial charge in [-0.25, -0.2) is 0 Å². The third kappa shape index (κ3) is 27.1. The van der Waals surface area contributed by atoms with Crippen molar-refractivity contribution in [2.75, 3.05) is 49.2 Å². The van der Waals surface area contributed by atoms with E-state index in [4.69, 9.17) is 57.2 Å². The van der Waals surface area contributed by atoms with E-state index >= 15 is 0 Å². The van der Waals surface area contributed by atoms with Gasteiger partial charge in [0.25, 0.3) is 0 Å². The van der Waals surface area contributed by atoms with Crippen LogP contribution in [0.2, 0.25) is 0 Å². The van der Waals surface area contributed by atoms with Crippen molar-refractivity contribution in [1.29, 1.82) is 0 Å². The second-order valence-corrected chi connectivity index (χ2v) is 41.3. The molecule has 15 saturated carbocycles. The highest BCUT2D eigenvalue weighted by Gasteiger charge is 2.69. The Kier molecular flexibility index (Phi) is 38.8. The Balaban J connectivity index is 0.000000157. The second kappa shape index (κ2) is 47.7. The van der Waals surface area contributed by atoms with Gasteiger partial charge >= 0.3 is 65.7 Å². The Morgan fingerprint density at radius 1 is 0.424 bits per heavy atom. The first-order valence-corrected chi connectivity index (χ1v) is 52.4. The first-order chi connectivity index (χ1) is 62.5. The van der Waals surface area contributed by atoms with Crippen LogP contribution in [0.3, 0.4) is 0 Å². The SMILES string of the molecule is O=C(CBr)OC12CC3CC(C1)CC(C(=O)[O-])(C3)C2.O=C(CBr)OC1C2CC3C1OC(=O)C3C2C(=O)[O-].O=C(CBr)OC1CC2CC(C(=O)[O-])C1C2.O=C(CBr)OC1CC2CC(C(=O)[O-])C1O2.O=C(CBr)OC1CC2CC1CC2C(=O)[O-].O=C(CBr)OC1CCCC(C(=O)[O-])C1.O=C(CBr)Oc1ccc(C(=O)[O-])cc1.O=C(O)CCOC(=O)C12CC3CC(CC(OC(=O)CBr)(C3)C1)C2. The normalized spacial score (nSPS) is 35.4. The second-order valence-electron chi connectivity index (χ2n) is 36.8. The predicted molar refractivity (Wildman–Crippen MR) is 462 cm³/mol. The quantitative estimate of drug-likeness (QED) is 0.0570. The molecule has 16 bridgehead atoms. The van der Waals surface area contributed by atoms with Crippen molar-refractivity contribution in [2.24, 2.45) is 106 Å². The smallest absolute Gasteiger partial charge is 0.321 e. The lowest BCUT2D eigenvalue weighted by molar-refractivity contribution is -0.332. The van der Waals surface area contributed by atoms with Crippen molar-refractivity contribution in [3.63, 3.8) is 0 Å². The van der Waals surface area contributed by atoms with Gasteiger partial charge in [-0.2, -0.15) is 0 Å². The lowest BCUT2D eigenvalue weighted by Crippen LogP contribution is -2.62. The minimum atomic E-state index is -1.26. The van der Waals surface area contributed by atoms with Gasteiger partial charge in [-0.1, -0.05) is 127 Å². The first kappa shape index (κ1) is 108. The van der Waals surface area contributed by atoms with Gasteiger partial charge in [0.05, 0.1) is 29.8 Å². The molecular weight excluding hydrogens is 2280 g/mol. The molecule has 1 aromatic rings. The van der Waals surface area contributed by atoms with Crippen LogP contribution in [0.25, 0.3) is 0 Å². The molecule has 0 radical (unpaired) electrons. The topological polar surface area (TPSA) is 590 Å². The Bertz CT molecular complexity index is 4350. The van der Waals surface area contributed by atoms with Crippen LogP contribution in [0.4, 0.5) is 0 Å². The summed E-state index contributed by atoms with van der Waals surface area (Å²) in [7, 11) is 0. The molecule has 0 amide bonds. The molecule has 732 valence electrons. The van der Waals surface area contributed by atoms with Gasteiger partial charge in [0, 0.05) is 101 Å². The molecule has 1 N–H and O–H groups in total. The summed E-state index contributed by atoms with van der Waals surface area (Å²) in [6.45, 7) is -0.0978. The van der Waals surface area contributed by atoms with Crippen LogP contribution in [-0.2, 0) is 129 Å². The maximum Gasteiger partial charge on any atom is 0.321 e. The molecule has 37 nitrogen and oxygen atoms in total. The van der Waals surface area contributed by atoms with Crippen molar-refractivity contribution in [2.45, 2.75) is 227 Å². The van der Waals surface area contributed by atoms with Gasteiger partial charge in [0.1, 0.15) is 109 Å². The van der Waals surface area contributed by atoms with Gasteiger partial charge in [-0.05, 0) is 219 Å². The van der Waals surface area contributed by atoms with Gasteiger partial charge in [0.15, 0.2) is 0 Å². The molecule has 0 aromatic heterocycles. The Morgan fingerprint density at radius 2 is 0.932 bits per heavy atom. The summed E-state index contributed by atoms with van der Waals surface area (Å²) in [6, 6.07) is 5.41. The van der Waals surface area contributed by atoms with Crippen LogP contribution in [0.5, 0.6) is 5.75 Å². The summed E-state index contributed by atoms with van der Waals surface area (Å²) >= 11 is 24.1. The number of carboxylic acid groups (broad SMARTS) is 8. The van der Waals surface area contributed by atoms with Crippen LogP contribution in [0.1, 0.15) is 177 Å². The molecule has 3 heterocycles. The third-order valence-electron chi connectivity index (χ3n) is 28.1. The monoisotopic (exact) mass is 2370 g/mol. The lowest BCUT2D eigenvalue weighted by Gasteiger charge is -2.61. The number of halogens is 8. The number of carbonyl (C=O) groups excluding carboxylic acids is 17. The molecule has 18 aliphatic rings. The minimum absolute atomic E-state index is 0.0250. The predicted octanol–water partition coefficient (Wildman–Crippen LogP) is 2.13. The zero-order chi connectivity index (χ0) is 96.8. The highest BCUT2D eigenvalue weighted by Crippen LogP contribution is 2.65. The summed E-state index contributed by atoms with van der Waals surface area (Å²) in [5.74, 6) is -13.5. The van der Waals surface area contributed by atoms with Crippen molar-refractivity contribution in [1.82, 2.24) is 0 Å². The number of hydrogen-bond donors (Lipinski definition) is 1. The molecule has 45 heteroatoms. The molecule has 24 atom stereocenters. The molecule has 19 rings (SSSR count). The van der Waals surface area contributed by atoms with Gasteiger partial charge in [-0.15, -0.1) is 0 Å². The summed E-state index contributed by atoms with van der Waals surface area (Å²) in [5.41, 5.74) is -2.37. The van der Waals surface area contributed by atoms with E-state index in [1.165, 1.54) is 24.3 Å². The van der Waals surface area contributed by atoms with E-state index in [2.05, 4.69) is 127 Å². The Morgan fingerprint density at radius 3 is 1.40 bits per heavy atom. The number of hydrogen-bond acceptors (Lipinski definition) is 36. The summed E-state index contributed by atoms with van der Waals surface area (Å²) < 4.78 is 57.7. The van der Waals surface area contributed by atoms with E-state index < -0.39 is 148 Å². The average Bonchev–Trinajstić information content (AvgIpc) is 1.54. The van der Waals surface area contributed by atoms with E-state index in [1.54, 1.807) is 0 Å². The van der Waals surface area contributed by atoms with E-state index in [0.29, 0.717) is 112 Å². The number of aromatic carboxylic acids is 1. The summed E-state index contributed by atoms with van der Waals surface area (Å²) in [6.07, 6.45) is 15.1. The Hall–Kier alpha value is -6.52. The van der Waals surface area contributed by atoms with E-state index in [1.807, 2.05) is 0 Å². The molecule has 0 spiro atoms. The number of ether oxygens (including phenoxy) is 11. The number of alkyl halides is 8. The number of carboxylic acids is 8. The fraction of sp³-hybridized carbons (Fsp3) is 0.724. The molecule has 18 fully saturated rings. The number of esters is 10. The van der Waals surface area contributed by atoms with Crippen LogP contribution in [0, 0.1) is 106 Å². The minimum Gasteiger partial charge on any atom is -0.550 e. The van der Waals surface area contributed by atoms with Gasteiger partial charge in [-0.3, -0.25) is 52.7 Å². The molecule has 1 aromatic carbocycles. The molecule has 3 aliphatic heterocycles. The number of carbonyl (C=O) groups is 18. The highest BCUT2D eigenvalue weighted by atomic mass is 79.9.